The SMILES string of the molecule is CC(C)c1cc(=O)n(CC2CCN(Cc3cn(C)nn3)CC2)cn1. The van der Waals surface area contributed by atoms with Crippen LogP contribution in [0.1, 0.15) is 44.0 Å². The van der Waals surface area contributed by atoms with Crippen molar-refractivity contribution in [2.45, 2.75) is 45.7 Å². The summed E-state index contributed by atoms with van der Waals surface area (Å²) in [6.45, 7) is 7.80. The molecule has 24 heavy (non-hydrogen) atoms. The van der Waals surface area contributed by atoms with Crippen molar-refractivity contribution in [1.29, 1.82) is 0 Å². The van der Waals surface area contributed by atoms with Crippen LogP contribution >= 0.6 is 0 Å². The number of hydrogen-bond acceptors (Lipinski definition) is 5. The first-order chi connectivity index (χ1) is 11.5. The molecule has 3 heterocycles. The third kappa shape index (κ3) is 4.08. The first-order valence-corrected chi connectivity index (χ1v) is 8.65. The molecule has 0 saturated carbocycles. The molecule has 7 heteroatoms. The highest BCUT2D eigenvalue weighted by atomic mass is 16.1. The van der Waals surface area contributed by atoms with Gasteiger partial charge in [-0.1, -0.05) is 19.1 Å². The number of rotatable bonds is 5. The zero-order valence-corrected chi connectivity index (χ0v) is 14.7. The Labute approximate surface area is 142 Å². The Hall–Kier alpha value is -2.02. The van der Waals surface area contributed by atoms with Crippen molar-refractivity contribution >= 4 is 0 Å². The maximum Gasteiger partial charge on any atom is 0.253 e. The molecule has 130 valence electrons. The second kappa shape index (κ2) is 7.25. The van der Waals surface area contributed by atoms with E-state index in [2.05, 4.69) is 34.0 Å². The molecule has 2 aromatic rings. The maximum absolute atomic E-state index is 12.2. The van der Waals surface area contributed by atoms with E-state index in [1.54, 1.807) is 21.6 Å². The van der Waals surface area contributed by atoms with Gasteiger partial charge in [-0.3, -0.25) is 18.9 Å². The lowest BCUT2D eigenvalue weighted by Crippen LogP contribution is -2.36. The average molecular weight is 330 g/mol. The fourth-order valence-corrected chi connectivity index (χ4v) is 3.19. The van der Waals surface area contributed by atoms with E-state index < -0.39 is 0 Å². The lowest BCUT2D eigenvalue weighted by molar-refractivity contribution is 0.164. The molecule has 2 aromatic heterocycles. The first kappa shape index (κ1) is 16.8. The van der Waals surface area contributed by atoms with E-state index >= 15 is 0 Å². The molecule has 0 unspecified atom stereocenters. The number of piperidine rings is 1. The molecule has 1 aliphatic heterocycles. The standard InChI is InChI=1S/C17H26N6O/c1-13(2)16-8-17(24)23(12-18-16)9-14-4-6-22(7-5-14)11-15-10-21(3)20-19-15/h8,10,12-14H,4-7,9,11H2,1-3H3. The van der Waals surface area contributed by atoms with Crippen LogP contribution in [0.5, 0.6) is 0 Å². The zero-order valence-electron chi connectivity index (χ0n) is 14.7. The second-order valence-corrected chi connectivity index (χ2v) is 7.06. The van der Waals surface area contributed by atoms with Crippen LogP contribution in [0.2, 0.25) is 0 Å². The van der Waals surface area contributed by atoms with Crippen molar-refractivity contribution in [3.8, 4) is 0 Å². The van der Waals surface area contributed by atoms with Gasteiger partial charge < -0.3 is 0 Å². The molecule has 0 aliphatic carbocycles. The average Bonchev–Trinajstić information content (AvgIpc) is 2.96. The third-order valence-corrected chi connectivity index (χ3v) is 4.69. The van der Waals surface area contributed by atoms with Crippen LogP contribution < -0.4 is 5.56 Å². The molecule has 0 atom stereocenters. The molecule has 7 nitrogen and oxygen atoms in total. The van der Waals surface area contributed by atoms with Crippen LogP contribution in [-0.2, 0) is 20.1 Å². The van der Waals surface area contributed by atoms with Gasteiger partial charge in [0.15, 0.2) is 0 Å². The van der Waals surface area contributed by atoms with Crippen LogP contribution in [0, 0.1) is 5.92 Å². The van der Waals surface area contributed by atoms with Gasteiger partial charge in [-0.25, -0.2) is 4.98 Å². The molecule has 0 N–H and O–H groups in total. The normalized spacial score (nSPS) is 16.8. The van der Waals surface area contributed by atoms with E-state index in [1.807, 2.05) is 13.2 Å². The van der Waals surface area contributed by atoms with E-state index in [-0.39, 0.29) is 11.5 Å². The summed E-state index contributed by atoms with van der Waals surface area (Å²) in [4.78, 5) is 19.0. The molecule has 0 amide bonds. The number of hydrogen-bond donors (Lipinski definition) is 0. The summed E-state index contributed by atoms with van der Waals surface area (Å²) in [7, 11) is 1.89. The Kier molecular flexibility index (Phi) is 5.08. The highest BCUT2D eigenvalue weighted by Gasteiger charge is 2.20. The monoisotopic (exact) mass is 330 g/mol. The maximum atomic E-state index is 12.2. The second-order valence-electron chi connectivity index (χ2n) is 7.06. The fraction of sp³-hybridized carbons (Fsp3) is 0.647. The molecular weight excluding hydrogens is 304 g/mol. The highest BCUT2D eigenvalue weighted by Crippen LogP contribution is 2.20. The molecule has 1 fully saturated rings. The van der Waals surface area contributed by atoms with Crippen molar-refractivity contribution in [1.82, 2.24) is 29.4 Å². The summed E-state index contributed by atoms with van der Waals surface area (Å²) in [6, 6.07) is 1.67. The van der Waals surface area contributed by atoms with E-state index in [1.165, 1.54) is 0 Å². The molecule has 0 spiro atoms. The van der Waals surface area contributed by atoms with Gasteiger partial charge in [0.1, 0.15) is 0 Å². The van der Waals surface area contributed by atoms with Crippen LogP contribution in [-0.4, -0.2) is 42.5 Å². The van der Waals surface area contributed by atoms with E-state index in [0.717, 1.165) is 50.4 Å². The zero-order chi connectivity index (χ0) is 17.1. The smallest absolute Gasteiger partial charge is 0.253 e. The highest BCUT2D eigenvalue weighted by molar-refractivity contribution is 5.04. The molecule has 1 saturated heterocycles. The van der Waals surface area contributed by atoms with Gasteiger partial charge in [-0.15, -0.1) is 5.10 Å². The van der Waals surface area contributed by atoms with Gasteiger partial charge in [0, 0.05) is 32.4 Å². The molecule has 0 aromatic carbocycles. The van der Waals surface area contributed by atoms with Crippen LogP contribution in [0.15, 0.2) is 23.4 Å². The predicted molar refractivity (Wildman–Crippen MR) is 91.6 cm³/mol. The Morgan fingerprint density at radius 3 is 2.62 bits per heavy atom. The van der Waals surface area contributed by atoms with Crippen LogP contribution in [0.4, 0.5) is 0 Å². The Balaban J connectivity index is 1.53. The Bertz CT molecular complexity index is 727. The first-order valence-electron chi connectivity index (χ1n) is 8.65. The Morgan fingerprint density at radius 1 is 1.29 bits per heavy atom. The minimum Gasteiger partial charge on any atom is -0.299 e. The summed E-state index contributed by atoms with van der Waals surface area (Å²) in [5.41, 5.74) is 1.95. The minimum atomic E-state index is 0.0655. The van der Waals surface area contributed by atoms with E-state index in [9.17, 15) is 4.79 Å². The summed E-state index contributed by atoms with van der Waals surface area (Å²) in [5.74, 6) is 0.823. The summed E-state index contributed by atoms with van der Waals surface area (Å²) in [5, 5.41) is 8.13. The van der Waals surface area contributed by atoms with Crippen molar-refractivity contribution in [3.05, 3.63) is 40.3 Å². The third-order valence-electron chi connectivity index (χ3n) is 4.69. The topological polar surface area (TPSA) is 68.8 Å². The molecule has 3 rings (SSSR count). The minimum absolute atomic E-state index is 0.0655. The predicted octanol–water partition coefficient (Wildman–Crippen LogP) is 1.41. The van der Waals surface area contributed by atoms with Gasteiger partial charge in [-0.05, 0) is 37.8 Å². The van der Waals surface area contributed by atoms with Crippen molar-refractivity contribution < 1.29 is 0 Å². The quantitative estimate of drug-likeness (QED) is 0.829. The summed E-state index contributed by atoms with van der Waals surface area (Å²) < 4.78 is 3.50. The lowest BCUT2D eigenvalue weighted by atomic mass is 9.96. The van der Waals surface area contributed by atoms with Gasteiger partial charge in [0.2, 0.25) is 0 Å². The van der Waals surface area contributed by atoms with Crippen molar-refractivity contribution in [2.24, 2.45) is 13.0 Å². The van der Waals surface area contributed by atoms with Crippen molar-refractivity contribution in [3.63, 3.8) is 0 Å². The van der Waals surface area contributed by atoms with Gasteiger partial charge >= 0.3 is 0 Å². The van der Waals surface area contributed by atoms with Gasteiger partial charge in [0.05, 0.1) is 17.7 Å². The van der Waals surface area contributed by atoms with Gasteiger partial charge in [0.25, 0.3) is 5.56 Å². The molecule has 1 aliphatic rings. The fourth-order valence-electron chi connectivity index (χ4n) is 3.19. The summed E-state index contributed by atoms with van der Waals surface area (Å²) >= 11 is 0. The lowest BCUT2D eigenvalue weighted by Gasteiger charge is -2.31. The molecule has 0 bridgehead atoms. The molecular formula is C17H26N6O. The number of aryl methyl sites for hydroxylation is 1. The Morgan fingerprint density at radius 2 is 2.04 bits per heavy atom. The van der Waals surface area contributed by atoms with E-state index in [0.29, 0.717) is 5.92 Å². The number of nitrogens with zero attached hydrogens (tertiary/aromatic N) is 6. The van der Waals surface area contributed by atoms with Crippen molar-refractivity contribution in [2.75, 3.05) is 13.1 Å². The van der Waals surface area contributed by atoms with Crippen LogP contribution in [0.25, 0.3) is 0 Å². The van der Waals surface area contributed by atoms with Gasteiger partial charge in [-0.2, -0.15) is 0 Å². The summed E-state index contributed by atoms with van der Waals surface area (Å²) in [6.07, 6.45) is 5.87. The van der Waals surface area contributed by atoms with Crippen LogP contribution in [0.3, 0.4) is 0 Å². The van der Waals surface area contributed by atoms with E-state index in [4.69, 9.17) is 0 Å². The number of likely N-dealkylation sites (tertiary alicyclic amines) is 1. The number of aromatic nitrogens is 5. The molecule has 0 radical (unpaired) electrons. The largest absolute Gasteiger partial charge is 0.299 e.